The first-order valence-corrected chi connectivity index (χ1v) is 8.63. The second-order valence-electron chi connectivity index (χ2n) is 6.67. The first-order chi connectivity index (χ1) is 12.2. The average Bonchev–Trinajstić information content (AvgIpc) is 3.03. The Kier molecular flexibility index (Phi) is 2.98. The molecule has 0 saturated carbocycles. The molecule has 0 saturated heterocycles. The molecule has 0 unspecified atom stereocenters. The lowest BCUT2D eigenvalue weighted by atomic mass is 9.88. The molecule has 120 valence electrons. The Labute approximate surface area is 146 Å². The zero-order chi connectivity index (χ0) is 17.0. The number of hydrogen-bond donors (Lipinski definition) is 0. The molecular weight excluding hydrogens is 304 g/mol. The SMILES string of the molecule is Cc1cc2cccc(-c3c(C)c4ccccc4c4ccccc34)c2o1. The molecule has 0 spiro atoms. The maximum absolute atomic E-state index is 6.07. The van der Waals surface area contributed by atoms with Crippen LogP contribution in [0.5, 0.6) is 0 Å². The molecular formula is C24H18O. The van der Waals surface area contributed by atoms with Crippen molar-refractivity contribution in [2.24, 2.45) is 0 Å². The summed E-state index contributed by atoms with van der Waals surface area (Å²) in [7, 11) is 0. The van der Waals surface area contributed by atoms with E-state index < -0.39 is 0 Å². The van der Waals surface area contributed by atoms with Crippen LogP contribution in [-0.2, 0) is 0 Å². The summed E-state index contributed by atoms with van der Waals surface area (Å²) in [5.74, 6) is 0.949. The molecule has 0 N–H and O–H groups in total. The Morgan fingerprint density at radius 1 is 0.640 bits per heavy atom. The fourth-order valence-corrected chi connectivity index (χ4v) is 4.05. The van der Waals surface area contributed by atoms with Crippen LogP contribution in [0.4, 0.5) is 0 Å². The topological polar surface area (TPSA) is 13.1 Å². The van der Waals surface area contributed by atoms with Gasteiger partial charge in [-0.05, 0) is 52.6 Å². The van der Waals surface area contributed by atoms with E-state index in [4.69, 9.17) is 4.42 Å². The number of hydrogen-bond acceptors (Lipinski definition) is 1. The number of aryl methyl sites for hydroxylation is 2. The third kappa shape index (κ3) is 2.02. The van der Waals surface area contributed by atoms with E-state index in [1.165, 1.54) is 38.2 Å². The fraction of sp³-hybridized carbons (Fsp3) is 0.0833. The van der Waals surface area contributed by atoms with Crippen molar-refractivity contribution in [2.75, 3.05) is 0 Å². The van der Waals surface area contributed by atoms with Gasteiger partial charge in [-0.25, -0.2) is 0 Å². The molecule has 0 aliphatic rings. The lowest BCUT2D eigenvalue weighted by molar-refractivity contribution is 0.579. The van der Waals surface area contributed by atoms with Crippen LogP contribution >= 0.6 is 0 Å². The van der Waals surface area contributed by atoms with Crippen LogP contribution in [-0.4, -0.2) is 0 Å². The Morgan fingerprint density at radius 2 is 1.28 bits per heavy atom. The number of rotatable bonds is 1. The van der Waals surface area contributed by atoms with E-state index in [0.29, 0.717) is 0 Å². The van der Waals surface area contributed by atoms with E-state index in [9.17, 15) is 0 Å². The van der Waals surface area contributed by atoms with E-state index in [1.807, 2.05) is 6.92 Å². The molecule has 0 atom stereocenters. The van der Waals surface area contributed by atoms with Crippen LogP contribution in [0.3, 0.4) is 0 Å². The molecule has 1 heteroatoms. The van der Waals surface area contributed by atoms with E-state index >= 15 is 0 Å². The third-order valence-corrected chi connectivity index (χ3v) is 5.13. The van der Waals surface area contributed by atoms with Gasteiger partial charge >= 0.3 is 0 Å². The highest BCUT2D eigenvalue weighted by Crippen LogP contribution is 2.41. The van der Waals surface area contributed by atoms with Crippen LogP contribution in [0.15, 0.2) is 77.2 Å². The summed E-state index contributed by atoms with van der Waals surface area (Å²) >= 11 is 0. The second-order valence-corrected chi connectivity index (χ2v) is 6.67. The van der Waals surface area contributed by atoms with Crippen molar-refractivity contribution in [3.8, 4) is 11.1 Å². The first-order valence-electron chi connectivity index (χ1n) is 8.63. The van der Waals surface area contributed by atoms with Gasteiger partial charge in [0, 0.05) is 10.9 Å². The minimum absolute atomic E-state index is 0.949. The van der Waals surface area contributed by atoms with Gasteiger partial charge in [-0.1, -0.05) is 66.7 Å². The van der Waals surface area contributed by atoms with E-state index in [-0.39, 0.29) is 0 Å². The fourth-order valence-electron chi connectivity index (χ4n) is 4.05. The monoisotopic (exact) mass is 322 g/mol. The smallest absolute Gasteiger partial charge is 0.142 e. The van der Waals surface area contributed by atoms with Crippen molar-refractivity contribution in [3.05, 3.63) is 84.1 Å². The van der Waals surface area contributed by atoms with Crippen molar-refractivity contribution in [1.82, 2.24) is 0 Å². The standard InChI is InChI=1S/C24H18O/c1-15-14-17-8-7-13-22(24(17)25-15)23-16(2)18-9-3-4-10-19(18)20-11-5-6-12-21(20)23/h3-14H,1-2H3. The number of benzene rings is 4. The summed E-state index contributed by atoms with van der Waals surface area (Å²) in [5.41, 5.74) is 4.72. The number of fused-ring (bicyclic) bond motifs is 4. The van der Waals surface area contributed by atoms with Crippen molar-refractivity contribution in [3.63, 3.8) is 0 Å². The van der Waals surface area contributed by atoms with E-state index in [0.717, 1.165) is 16.7 Å². The Bertz CT molecular complexity index is 1260. The summed E-state index contributed by atoms with van der Waals surface area (Å²) in [6, 6.07) is 25.9. The normalized spacial score (nSPS) is 11.6. The molecule has 25 heavy (non-hydrogen) atoms. The van der Waals surface area contributed by atoms with Gasteiger partial charge in [0.05, 0.1) is 0 Å². The first kappa shape index (κ1) is 14.3. The van der Waals surface area contributed by atoms with Gasteiger partial charge in [-0.2, -0.15) is 0 Å². The van der Waals surface area contributed by atoms with Crippen LogP contribution in [0.1, 0.15) is 11.3 Å². The summed E-state index contributed by atoms with van der Waals surface area (Å²) < 4.78 is 6.07. The molecule has 0 bridgehead atoms. The van der Waals surface area contributed by atoms with Crippen molar-refractivity contribution in [2.45, 2.75) is 13.8 Å². The Balaban J connectivity index is 2.03. The molecule has 1 aromatic heterocycles. The molecule has 1 nitrogen and oxygen atoms in total. The van der Waals surface area contributed by atoms with Crippen LogP contribution in [0.25, 0.3) is 43.6 Å². The zero-order valence-electron chi connectivity index (χ0n) is 14.3. The molecule has 0 aliphatic heterocycles. The number of furan rings is 1. The van der Waals surface area contributed by atoms with Gasteiger partial charge in [0.15, 0.2) is 0 Å². The highest BCUT2D eigenvalue weighted by Gasteiger charge is 2.16. The van der Waals surface area contributed by atoms with Crippen LogP contribution in [0, 0.1) is 13.8 Å². The summed E-state index contributed by atoms with van der Waals surface area (Å²) in [6.07, 6.45) is 0. The van der Waals surface area contributed by atoms with Crippen LogP contribution < -0.4 is 0 Å². The average molecular weight is 322 g/mol. The van der Waals surface area contributed by atoms with Gasteiger partial charge in [0.25, 0.3) is 0 Å². The maximum Gasteiger partial charge on any atom is 0.142 e. The van der Waals surface area contributed by atoms with Crippen molar-refractivity contribution < 1.29 is 4.42 Å². The molecule has 0 amide bonds. The highest BCUT2D eigenvalue weighted by molar-refractivity contribution is 6.17. The zero-order valence-corrected chi connectivity index (χ0v) is 14.3. The van der Waals surface area contributed by atoms with Crippen molar-refractivity contribution >= 4 is 32.5 Å². The molecule has 0 aliphatic carbocycles. The van der Waals surface area contributed by atoms with Gasteiger partial charge in [0.2, 0.25) is 0 Å². The van der Waals surface area contributed by atoms with Crippen molar-refractivity contribution in [1.29, 1.82) is 0 Å². The van der Waals surface area contributed by atoms with Gasteiger partial charge in [0.1, 0.15) is 11.3 Å². The summed E-state index contributed by atoms with van der Waals surface area (Å²) in [6.45, 7) is 4.23. The van der Waals surface area contributed by atoms with E-state index in [2.05, 4.69) is 79.7 Å². The maximum atomic E-state index is 6.07. The molecule has 0 fully saturated rings. The summed E-state index contributed by atoms with van der Waals surface area (Å²) in [4.78, 5) is 0. The molecule has 5 rings (SSSR count). The Hall–Kier alpha value is -3.06. The quantitative estimate of drug-likeness (QED) is 0.302. The molecule has 0 radical (unpaired) electrons. The summed E-state index contributed by atoms with van der Waals surface area (Å²) in [5, 5.41) is 6.34. The van der Waals surface area contributed by atoms with E-state index in [1.54, 1.807) is 0 Å². The minimum atomic E-state index is 0.949. The largest absolute Gasteiger partial charge is 0.461 e. The Morgan fingerprint density at radius 3 is 2.04 bits per heavy atom. The molecule has 4 aromatic carbocycles. The van der Waals surface area contributed by atoms with Crippen LogP contribution in [0.2, 0.25) is 0 Å². The van der Waals surface area contributed by atoms with Gasteiger partial charge in [-0.15, -0.1) is 0 Å². The predicted octanol–water partition coefficient (Wildman–Crippen LogP) is 7.02. The molecule has 1 heterocycles. The third-order valence-electron chi connectivity index (χ3n) is 5.13. The lowest BCUT2D eigenvalue weighted by Gasteiger charge is -2.15. The second kappa shape index (κ2) is 5.22. The van der Waals surface area contributed by atoms with Gasteiger partial charge in [-0.3, -0.25) is 0 Å². The number of para-hydroxylation sites is 1. The lowest BCUT2D eigenvalue weighted by Crippen LogP contribution is -1.90. The predicted molar refractivity (Wildman–Crippen MR) is 106 cm³/mol. The molecule has 5 aromatic rings. The van der Waals surface area contributed by atoms with Gasteiger partial charge < -0.3 is 4.42 Å². The minimum Gasteiger partial charge on any atom is -0.461 e. The highest BCUT2D eigenvalue weighted by atomic mass is 16.3.